The van der Waals surface area contributed by atoms with Gasteiger partial charge in [-0.2, -0.15) is 0 Å². The molecule has 2 aromatic heterocycles. The second-order valence-corrected chi connectivity index (χ2v) is 9.34. The molecule has 0 aromatic carbocycles. The van der Waals surface area contributed by atoms with Crippen LogP contribution < -0.4 is 5.32 Å². The highest BCUT2D eigenvalue weighted by Gasteiger charge is 2.22. The first kappa shape index (κ1) is 25.5. The van der Waals surface area contributed by atoms with Crippen LogP contribution in [0.15, 0.2) is 28.2 Å². The third kappa shape index (κ3) is 8.77. The summed E-state index contributed by atoms with van der Waals surface area (Å²) in [7, 11) is 0. The van der Waals surface area contributed by atoms with Crippen LogP contribution in [0.1, 0.15) is 37.2 Å². The van der Waals surface area contributed by atoms with E-state index in [9.17, 15) is 4.79 Å². The third-order valence-corrected chi connectivity index (χ3v) is 5.57. The highest BCUT2D eigenvalue weighted by atomic mass is 32.1. The van der Waals surface area contributed by atoms with Gasteiger partial charge in [-0.15, -0.1) is 11.3 Å². The molecule has 0 atom stereocenters. The second kappa shape index (κ2) is 11.7. The molecule has 1 amide bonds. The van der Waals surface area contributed by atoms with Crippen molar-refractivity contribution in [3.63, 3.8) is 0 Å². The number of furan rings is 1. The number of carbonyl (C=O) groups is 3. The smallest absolute Gasteiger partial charge is 0.414 e. The summed E-state index contributed by atoms with van der Waals surface area (Å²) in [4.78, 5) is 39.7. The van der Waals surface area contributed by atoms with E-state index in [0.717, 1.165) is 38.5 Å². The monoisotopic (exact) mass is 466 g/mol. The fourth-order valence-corrected chi connectivity index (χ4v) is 3.94. The van der Waals surface area contributed by atoms with E-state index in [-0.39, 0.29) is 11.3 Å². The van der Waals surface area contributed by atoms with Gasteiger partial charge in [0.25, 0.3) is 0 Å². The summed E-state index contributed by atoms with van der Waals surface area (Å²) in [5.74, 6) is -2.82. The van der Waals surface area contributed by atoms with Gasteiger partial charge in [0.2, 0.25) is 5.91 Å². The quantitative estimate of drug-likeness (QED) is 0.543. The Morgan fingerprint density at radius 1 is 1.12 bits per heavy atom. The Kier molecular flexibility index (Phi) is 9.36. The zero-order valence-corrected chi connectivity index (χ0v) is 19.4. The molecular formula is C21H30N4O6S. The van der Waals surface area contributed by atoms with E-state index >= 15 is 0 Å². The van der Waals surface area contributed by atoms with Crippen LogP contribution in [0.5, 0.6) is 0 Å². The molecular weight excluding hydrogens is 436 g/mol. The molecule has 1 saturated heterocycles. The Morgan fingerprint density at radius 3 is 2.25 bits per heavy atom. The van der Waals surface area contributed by atoms with Crippen molar-refractivity contribution < 1.29 is 29.0 Å². The van der Waals surface area contributed by atoms with Crippen molar-refractivity contribution in [1.29, 1.82) is 0 Å². The lowest BCUT2D eigenvalue weighted by Crippen LogP contribution is -2.49. The van der Waals surface area contributed by atoms with Crippen LogP contribution in [-0.4, -0.2) is 75.6 Å². The fraction of sp³-hybridized carbons (Fsp3) is 0.524. The molecule has 0 saturated carbocycles. The molecule has 2 aromatic rings. The number of thiazole rings is 1. The topological polar surface area (TPSA) is 136 Å². The first-order chi connectivity index (χ1) is 15.0. The molecule has 1 fully saturated rings. The lowest BCUT2D eigenvalue weighted by molar-refractivity contribution is -0.159. The minimum Gasteiger partial charge on any atom is -0.473 e. The summed E-state index contributed by atoms with van der Waals surface area (Å²) in [5.41, 5.74) is 1.28. The van der Waals surface area contributed by atoms with Crippen LogP contribution in [0.4, 0.5) is 0 Å². The maximum atomic E-state index is 12.1. The molecule has 3 N–H and O–H groups in total. The van der Waals surface area contributed by atoms with Gasteiger partial charge < -0.3 is 19.9 Å². The van der Waals surface area contributed by atoms with Crippen molar-refractivity contribution in [1.82, 2.24) is 20.1 Å². The zero-order chi connectivity index (χ0) is 23.7. The van der Waals surface area contributed by atoms with Crippen LogP contribution in [0.25, 0.3) is 0 Å². The van der Waals surface area contributed by atoms with Crippen LogP contribution in [-0.2, 0) is 32.9 Å². The highest BCUT2D eigenvalue weighted by Crippen LogP contribution is 2.24. The molecule has 3 heterocycles. The van der Waals surface area contributed by atoms with E-state index in [1.807, 2.05) is 12.1 Å². The normalized spacial score (nSPS) is 15.0. The predicted octanol–water partition coefficient (Wildman–Crippen LogP) is 1.62. The SMILES string of the molecule is CC(C)(C)c1csc(CN2CCN(CC(=O)NCc3ccco3)CC2)n1.O=C(O)C(=O)O. The number of rotatable bonds is 6. The first-order valence-corrected chi connectivity index (χ1v) is 11.1. The van der Waals surface area contributed by atoms with Crippen LogP contribution >= 0.6 is 11.3 Å². The van der Waals surface area contributed by atoms with Gasteiger partial charge in [0.1, 0.15) is 10.8 Å². The zero-order valence-electron chi connectivity index (χ0n) is 18.5. The largest absolute Gasteiger partial charge is 0.473 e. The number of hydrogen-bond acceptors (Lipinski definition) is 8. The average molecular weight is 467 g/mol. The number of piperazine rings is 1. The molecule has 0 bridgehead atoms. The number of nitrogens with zero attached hydrogens (tertiary/aromatic N) is 3. The second-order valence-electron chi connectivity index (χ2n) is 8.40. The third-order valence-electron chi connectivity index (χ3n) is 4.73. The molecule has 1 aliphatic heterocycles. The molecule has 3 rings (SSSR count). The van der Waals surface area contributed by atoms with Gasteiger partial charge in [0, 0.05) is 37.0 Å². The van der Waals surface area contributed by atoms with Gasteiger partial charge in [-0.1, -0.05) is 20.8 Å². The Balaban J connectivity index is 0.000000534. The van der Waals surface area contributed by atoms with Gasteiger partial charge in [0.15, 0.2) is 0 Å². The molecule has 0 unspecified atom stereocenters. The molecule has 10 nitrogen and oxygen atoms in total. The van der Waals surface area contributed by atoms with Gasteiger partial charge in [-0.3, -0.25) is 14.6 Å². The van der Waals surface area contributed by atoms with E-state index in [2.05, 4.69) is 41.3 Å². The predicted molar refractivity (Wildman–Crippen MR) is 118 cm³/mol. The lowest BCUT2D eigenvalue weighted by Gasteiger charge is -2.33. The molecule has 11 heteroatoms. The molecule has 0 radical (unpaired) electrons. The summed E-state index contributed by atoms with van der Waals surface area (Å²) in [6.07, 6.45) is 1.62. The molecule has 0 aliphatic carbocycles. The van der Waals surface area contributed by atoms with Crippen LogP contribution in [0.2, 0.25) is 0 Å². The molecule has 1 aliphatic rings. The number of aromatic nitrogens is 1. The summed E-state index contributed by atoms with van der Waals surface area (Å²) < 4.78 is 5.23. The molecule has 32 heavy (non-hydrogen) atoms. The van der Waals surface area contributed by atoms with Crippen LogP contribution in [0.3, 0.4) is 0 Å². The number of amides is 1. The standard InChI is InChI=1S/C19H28N4O2S.C2H2O4/c1-19(2,3)16-14-26-18(21-16)13-23-8-6-22(7-9-23)12-17(24)20-11-15-5-4-10-25-15;3-1(4)2(5)6/h4-5,10,14H,6-9,11-13H2,1-3H3,(H,20,24);(H,3,4)(H,5,6). The average Bonchev–Trinajstić information content (AvgIpc) is 3.40. The van der Waals surface area contributed by atoms with Gasteiger partial charge in [0.05, 0.1) is 31.6 Å². The van der Waals surface area contributed by atoms with Crippen molar-refractivity contribution in [3.05, 3.63) is 40.2 Å². The van der Waals surface area contributed by atoms with Crippen LogP contribution in [0, 0.1) is 0 Å². The lowest BCUT2D eigenvalue weighted by atomic mass is 9.93. The van der Waals surface area contributed by atoms with Crippen molar-refractivity contribution in [3.8, 4) is 0 Å². The molecule has 0 spiro atoms. The minimum atomic E-state index is -1.82. The van der Waals surface area contributed by atoms with E-state index in [1.54, 1.807) is 17.6 Å². The number of carboxylic acid groups (broad SMARTS) is 2. The van der Waals surface area contributed by atoms with E-state index in [0.29, 0.717) is 13.1 Å². The summed E-state index contributed by atoms with van der Waals surface area (Å²) in [6, 6.07) is 3.69. The fourth-order valence-electron chi connectivity index (χ4n) is 2.88. The number of carbonyl (C=O) groups excluding carboxylic acids is 1. The summed E-state index contributed by atoms with van der Waals surface area (Å²) in [6.45, 7) is 12.1. The maximum absolute atomic E-state index is 12.1. The Hall–Kier alpha value is -2.76. The van der Waals surface area contributed by atoms with Crippen molar-refractivity contribution in [2.24, 2.45) is 0 Å². The minimum absolute atomic E-state index is 0.0459. The van der Waals surface area contributed by atoms with Gasteiger partial charge in [-0.05, 0) is 12.1 Å². The Labute approximate surface area is 190 Å². The van der Waals surface area contributed by atoms with Gasteiger partial charge >= 0.3 is 11.9 Å². The van der Waals surface area contributed by atoms with E-state index in [4.69, 9.17) is 29.2 Å². The molecule has 176 valence electrons. The van der Waals surface area contributed by atoms with Crippen molar-refractivity contribution >= 4 is 29.2 Å². The number of hydrogen-bond donors (Lipinski definition) is 3. The van der Waals surface area contributed by atoms with Crippen molar-refractivity contribution in [2.45, 2.75) is 39.3 Å². The van der Waals surface area contributed by atoms with E-state index < -0.39 is 11.9 Å². The summed E-state index contributed by atoms with van der Waals surface area (Å²) in [5, 5.41) is 21.0. The number of nitrogens with one attached hydrogen (secondary N) is 1. The Morgan fingerprint density at radius 2 is 1.75 bits per heavy atom. The van der Waals surface area contributed by atoms with Crippen molar-refractivity contribution in [2.75, 3.05) is 32.7 Å². The first-order valence-electron chi connectivity index (χ1n) is 10.2. The highest BCUT2D eigenvalue weighted by molar-refractivity contribution is 7.09. The van der Waals surface area contributed by atoms with Gasteiger partial charge in [-0.25, -0.2) is 14.6 Å². The van der Waals surface area contributed by atoms with E-state index in [1.165, 1.54) is 10.7 Å². The number of aliphatic carboxylic acids is 2. The maximum Gasteiger partial charge on any atom is 0.414 e. The number of carboxylic acids is 2. The Bertz CT molecular complexity index is 870. The summed E-state index contributed by atoms with van der Waals surface area (Å²) >= 11 is 1.75.